The van der Waals surface area contributed by atoms with Crippen molar-refractivity contribution in [2.45, 2.75) is 0 Å². The summed E-state index contributed by atoms with van der Waals surface area (Å²) in [4.78, 5) is 11.3. The molecular weight excluding hydrogens is 230 g/mol. The molecule has 0 spiro atoms. The number of carbonyl (C=O) groups excluding carboxylic acids is 1. The number of quaternary nitrogens is 1. The highest BCUT2D eigenvalue weighted by Gasteiger charge is 2.12. The molecule has 1 N–H and O–H groups in total. The van der Waals surface area contributed by atoms with E-state index < -0.39 is 0 Å². The summed E-state index contributed by atoms with van der Waals surface area (Å²) >= 11 is 0. The zero-order valence-corrected chi connectivity index (χ0v) is 10.4. The molecule has 90 valence electrons. The van der Waals surface area contributed by atoms with Crippen LogP contribution < -0.4 is 17.8 Å². The molecule has 16 heavy (non-hydrogen) atoms. The number of furan rings is 1. The second kappa shape index (κ2) is 6.30. The van der Waals surface area contributed by atoms with E-state index in [0.29, 0.717) is 16.8 Å². The van der Waals surface area contributed by atoms with E-state index in [0.717, 1.165) is 0 Å². The van der Waals surface area contributed by atoms with E-state index in [4.69, 9.17) is 4.42 Å². The first kappa shape index (κ1) is 14.7. The molecule has 1 rings (SSSR count). The molecule has 0 radical (unpaired) electrons. The molecule has 0 atom stereocenters. The highest BCUT2D eigenvalue weighted by molar-refractivity contribution is 5.80. The maximum atomic E-state index is 11.3. The third-order valence-electron chi connectivity index (χ3n) is 1.54. The van der Waals surface area contributed by atoms with E-state index in [9.17, 15) is 4.79 Å². The molecule has 0 aliphatic heterocycles. The second-order valence-electron chi connectivity index (χ2n) is 4.26. The average molecular weight is 246 g/mol. The van der Waals surface area contributed by atoms with Crippen LogP contribution in [0.25, 0.3) is 0 Å². The lowest BCUT2D eigenvalue weighted by atomic mass is 10.5. The van der Waals surface area contributed by atoms with E-state index >= 15 is 0 Å². The zero-order valence-electron chi connectivity index (χ0n) is 9.61. The van der Waals surface area contributed by atoms with Gasteiger partial charge in [-0.15, -0.1) is 0 Å². The molecule has 0 fully saturated rings. The van der Waals surface area contributed by atoms with Crippen molar-refractivity contribution in [2.24, 2.45) is 5.10 Å². The van der Waals surface area contributed by atoms with Gasteiger partial charge in [0.2, 0.25) is 0 Å². The topological polar surface area (TPSA) is 54.6 Å². The average Bonchev–Trinajstić information content (AvgIpc) is 2.53. The molecule has 0 unspecified atom stereocenters. The predicted octanol–water partition coefficient (Wildman–Crippen LogP) is -2.56. The Bertz CT molecular complexity index is 341. The first-order valence-corrected chi connectivity index (χ1v) is 4.63. The van der Waals surface area contributed by atoms with Gasteiger partial charge in [0, 0.05) is 0 Å². The first-order valence-electron chi connectivity index (χ1n) is 4.63. The van der Waals surface area contributed by atoms with Gasteiger partial charge in [-0.2, -0.15) is 5.10 Å². The summed E-state index contributed by atoms with van der Waals surface area (Å²) in [5.74, 6) is 0.492. The van der Waals surface area contributed by atoms with Crippen LogP contribution >= 0.6 is 0 Å². The number of amides is 1. The van der Waals surface area contributed by atoms with E-state index in [1.54, 1.807) is 18.4 Å². The lowest BCUT2D eigenvalue weighted by Crippen LogP contribution is -3.00. The van der Waals surface area contributed by atoms with Gasteiger partial charge in [-0.05, 0) is 12.1 Å². The van der Waals surface area contributed by atoms with E-state index in [1.807, 2.05) is 21.1 Å². The largest absolute Gasteiger partial charge is 1.00 e. The standard InChI is InChI=1S/C10H15N3O2.ClH/c1-13(2,3)8-10(14)12-11-7-9-5-4-6-15-9;/h4-7H,8H2,1-3H3;1H/b11-7-;. The number of hydrogen-bond donors (Lipinski definition) is 1. The fourth-order valence-electron chi connectivity index (χ4n) is 0.999. The van der Waals surface area contributed by atoms with Crippen molar-refractivity contribution in [3.05, 3.63) is 24.2 Å². The van der Waals surface area contributed by atoms with Gasteiger partial charge in [0.15, 0.2) is 6.54 Å². The normalized spacial score (nSPS) is 11.2. The number of nitrogens with zero attached hydrogens (tertiary/aromatic N) is 2. The molecule has 1 amide bonds. The number of hydrogen-bond acceptors (Lipinski definition) is 3. The van der Waals surface area contributed by atoms with Crippen LogP contribution in [0.3, 0.4) is 0 Å². The third kappa shape index (κ3) is 6.21. The molecule has 1 heterocycles. The Kier molecular flexibility index (Phi) is 5.77. The van der Waals surface area contributed by atoms with Gasteiger partial charge in [-0.25, -0.2) is 5.43 Å². The summed E-state index contributed by atoms with van der Waals surface area (Å²) < 4.78 is 5.58. The first-order chi connectivity index (χ1) is 6.97. The number of likely N-dealkylation sites (N-methyl/N-ethyl adjacent to an activating group) is 1. The number of rotatable bonds is 4. The summed E-state index contributed by atoms with van der Waals surface area (Å²) in [6.45, 7) is 0.384. The van der Waals surface area contributed by atoms with E-state index in [1.165, 1.54) is 6.21 Å². The van der Waals surface area contributed by atoms with Gasteiger partial charge in [-0.3, -0.25) is 4.79 Å². The van der Waals surface area contributed by atoms with Crippen molar-refractivity contribution >= 4 is 12.1 Å². The maximum Gasteiger partial charge on any atom is 0.295 e. The minimum atomic E-state index is -0.120. The lowest BCUT2D eigenvalue weighted by Gasteiger charge is -2.21. The molecule has 0 aliphatic carbocycles. The van der Waals surface area contributed by atoms with Gasteiger partial charge in [0.25, 0.3) is 5.91 Å². The fourth-order valence-corrected chi connectivity index (χ4v) is 0.999. The van der Waals surface area contributed by atoms with Gasteiger partial charge in [0.1, 0.15) is 5.76 Å². The Morgan fingerprint density at radius 1 is 1.56 bits per heavy atom. The van der Waals surface area contributed by atoms with Crippen molar-refractivity contribution in [3.8, 4) is 0 Å². The van der Waals surface area contributed by atoms with Crippen molar-refractivity contribution in [1.82, 2.24) is 5.43 Å². The number of hydrazone groups is 1. The minimum Gasteiger partial charge on any atom is -1.00 e. The molecule has 1 aromatic heterocycles. The molecule has 0 aromatic carbocycles. The highest BCUT2D eigenvalue weighted by atomic mass is 35.5. The Morgan fingerprint density at radius 2 is 2.25 bits per heavy atom. The van der Waals surface area contributed by atoms with Crippen LogP contribution in [-0.2, 0) is 4.79 Å². The monoisotopic (exact) mass is 245 g/mol. The van der Waals surface area contributed by atoms with E-state index in [2.05, 4.69) is 10.5 Å². The van der Waals surface area contributed by atoms with Crippen molar-refractivity contribution in [2.75, 3.05) is 27.7 Å². The molecular formula is C10H16ClN3O2. The van der Waals surface area contributed by atoms with Crippen LogP contribution in [0.4, 0.5) is 0 Å². The molecule has 6 heteroatoms. The molecule has 1 aromatic rings. The second-order valence-corrected chi connectivity index (χ2v) is 4.26. The zero-order chi connectivity index (χ0) is 11.3. The third-order valence-corrected chi connectivity index (χ3v) is 1.54. The Labute approximate surface area is 101 Å². The van der Waals surface area contributed by atoms with Gasteiger partial charge >= 0.3 is 0 Å². The van der Waals surface area contributed by atoms with Crippen molar-refractivity contribution < 1.29 is 26.1 Å². The van der Waals surface area contributed by atoms with Crippen LogP contribution in [0, 0.1) is 0 Å². The van der Waals surface area contributed by atoms with Crippen molar-refractivity contribution in [1.29, 1.82) is 0 Å². The summed E-state index contributed by atoms with van der Waals surface area (Å²) in [6, 6.07) is 3.52. The summed E-state index contributed by atoms with van der Waals surface area (Å²) in [5.41, 5.74) is 2.43. The molecule has 0 saturated carbocycles. The molecule has 0 saturated heterocycles. The maximum absolute atomic E-state index is 11.3. The number of halogens is 1. The van der Waals surface area contributed by atoms with Gasteiger partial charge in [-0.1, -0.05) is 0 Å². The summed E-state index contributed by atoms with van der Waals surface area (Å²) in [5, 5.41) is 3.77. The number of nitrogens with one attached hydrogen (secondary N) is 1. The van der Waals surface area contributed by atoms with E-state index in [-0.39, 0.29) is 18.3 Å². The van der Waals surface area contributed by atoms with Crippen LogP contribution in [-0.4, -0.2) is 44.3 Å². The molecule has 0 bridgehead atoms. The lowest BCUT2D eigenvalue weighted by molar-refractivity contribution is -0.862. The number of carbonyl (C=O) groups is 1. The SMILES string of the molecule is C[N+](C)(C)CC(=O)N/N=C\c1ccco1.[Cl-]. The smallest absolute Gasteiger partial charge is 0.295 e. The molecule has 0 aliphatic rings. The minimum absolute atomic E-state index is 0. The summed E-state index contributed by atoms with van der Waals surface area (Å²) in [6.07, 6.45) is 3.02. The molecule has 5 nitrogen and oxygen atoms in total. The Morgan fingerprint density at radius 3 is 2.75 bits per heavy atom. The Hall–Kier alpha value is -1.33. The highest BCUT2D eigenvalue weighted by Crippen LogP contribution is 1.94. The fraction of sp³-hybridized carbons (Fsp3) is 0.400. The van der Waals surface area contributed by atoms with Gasteiger partial charge < -0.3 is 21.3 Å². The quantitative estimate of drug-likeness (QED) is 0.361. The predicted molar refractivity (Wildman–Crippen MR) is 57.3 cm³/mol. The van der Waals surface area contributed by atoms with Crippen LogP contribution in [0.15, 0.2) is 27.9 Å². The Balaban J connectivity index is 0.00000225. The van der Waals surface area contributed by atoms with Crippen LogP contribution in [0.1, 0.15) is 5.76 Å². The van der Waals surface area contributed by atoms with Gasteiger partial charge in [0.05, 0.1) is 33.6 Å². The van der Waals surface area contributed by atoms with Crippen LogP contribution in [0.2, 0.25) is 0 Å². The van der Waals surface area contributed by atoms with Crippen LogP contribution in [0.5, 0.6) is 0 Å². The summed E-state index contributed by atoms with van der Waals surface area (Å²) in [7, 11) is 5.82. The van der Waals surface area contributed by atoms with Crippen molar-refractivity contribution in [3.63, 3.8) is 0 Å².